The molecule has 0 aromatic heterocycles. The molecule has 14 heteroatoms. The number of alkyl carbamates (subject to hydrolysis) is 1. The van der Waals surface area contributed by atoms with Crippen molar-refractivity contribution in [2.45, 2.75) is 115 Å². The van der Waals surface area contributed by atoms with Crippen LogP contribution >= 0.6 is 0 Å². The summed E-state index contributed by atoms with van der Waals surface area (Å²) in [6.45, 7) is 9.92. The monoisotopic (exact) mass is 663 g/mol. The highest BCUT2D eigenvalue weighted by Crippen LogP contribution is 2.41. The first-order chi connectivity index (χ1) is 21.6. The summed E-state index contributed by atoms with van der Waals surface area (Å²) >= 11 is 0. The minimum atomic E-state index is -1.65. The van der Waals surface area contributed by atoms with Gasteiger partial charge in [-0.15, -0.1) is 0 Å². The number of carbonyl (C=O) groups is 5. The molecule has 3 heterocycles. The van der Waals surface area contributed by atoms with E-state index in [1.54, 1.807) is 25.7 Å². The fourth-order valence-electron chi connectivity index (χ4n) is 6.45. The second-order valence-corrected chi connectivity index (χ2v) is 15.0. The van der Waals surface area contributed by atoms with Crippen molar-refractivity contribution in [3.63, 3.8) is 0 Å². The Hall–Kier alpha value is -3.42. The first-order valence-electron chi connectivity index (χ1n) is 16.1. The molecule has 5 amide bonds. The second kappa shape index (κ2) is 14.6. The zero-order valence-corrected chi connectivity index (χ0v) is 28.6. The minimum absolute atomic E-state index is 0.0135. The summed E-state index contributed by atoms with van der Waals surface area (Å²) < 4.78 is 25.7. The van der Waals surface area contributed by atoms with E-state index in [1.165, 1.54) is 11.2 Å². The number of nitrogens with zero attached hydrogens (tertiary/aromatic N) is 2. The largest absolute Gasteiger partial charge is 0.444 e. The van der Waals surface area contributed by atoms with E-state index >= 15 is 0 Å². The molecular formula is C32H49N5O8S. The molecule has 1 aliphatic carbocycles. The van der Waals surface area contributed by atoms with Crippen LogP contribution < -0.4 is 15.4 Å². The van der Waals surface area contributed by atoms with E-state index in [9.17, 15) is 28.2 Å². The second-order valence-electron chi connectivity index (χ2n) is 13.9. The highest BCUT2D eigenvalue weighted by molar-refractivity contribution is 7.82. The molecule has 1 saturated heterocycles. The molecule has 1 saturated carbocycles. The molecule has 0 aromatic rings. The van der Waals surface area contributed by atoms with Crippen molar-refractivity contribution in [1.82, 2.24) is 25.2 Å². The molecule has 0 radical (unpaired) electrons. The van der Waals surface area contributed by atoms with Gasteiger partial charge in [-0.1, -0.05) is 36.1 Å². The summed E-state index contributed by atoms with van der Waals surface area (Å²) in [7, 11) is -1.65. The molecule has 4 aliphatic rings. The maximum absolute atomic E-state index is 14.2. The van der Waals surface area contributed by atoms with Gasteiger partial charge < -0.3 is 29.9 Å². The van der Waals surface area contributed by atoms with Gasteiger partial charge in [0.2, 0.25) is 11.8 Å². The topological polar surface area (TPSA) is 163 Å². The van der Waals surface area contributed by atoms with Gasteiger partial charge in [-0.05, 0) is 66.7 Å². The standard InChI is InChI=1S/C32H49N5O8S/c1-20-17-36(18-21(20)2)30(42)44-23-16-25-26(38)34-32(28(40)35-46(6)43)15-14-22(32)12-10-8-7-9-11-13-24(27(39)37(25)19-23)33-29(41)45-31(3,4)5/h10,12,22-25H,7-9,11,13-19H2,1-6H3,(H,33,41)(H,34,38)(H,35,40)/b12-10-. The number of rotatable bonds is 4. The summed E-state index contributed by atoms with van der Waals surface area (Å²) in [5, 5.41) is 5.64. The van der Waals surface area contributed by atoms with E-state index in [0.29, 0.717) is 38.8 Å². The Morgan fingerprint density at radius 3 is 2.37 bits per heavy atom. The third kappa shape index (κ3) is 8.48. The quantitative estimate of drug-likeness (QED) is 0.387. The summed E-state index contributed by atoms with van der Waals surface area (Å²) in [6, 6.07) is -2.06. The van der Waals surface area contributed by atoms with Gasteiger partial charge >= 0.3 is 12.2 Å². The van der Waals surface area contributed by atoms with Gasteiger partial charge in [0.1, 0.15) is 40.3 Å². The Bertz CT molecular complexity index is 1300. The number of allylic oxidation sites excluding steroid dienone is 1. The van der Waals surface area contributed by atoms with Crippen LogP contribution in [0.3, 0.4) is 0 Å². The maximum atomic E-state index is 14.2. The van der Waals surface area contributed by atoms with Crippen LogP contribution in [0, 0.1) is 5.92 Å². The lowest BCUT2D eigenvalue weighted by Crippen LogP contribution is -2.69. The normalized spacial score (nSPS) is 30.5. The van der Waals surface area contributed by atoms with Crippen LogP contribution in [0.15, 0.2) is 23.3 Å². The van der Waals surface area contributed by atoms with Gasteiger partial charge in [0.05, 0.1) is 6.54 Å². The van der Waals surface area contributed by atoms with Crippen LogP contribution in [-0.2, 0) is 34.8 Å². The van der Waals surface area contributed by atoms with Gasteiger partial charge in [-0.3, -0.25) is 19.1 Å². The van der Waals surface area contributed by atoms with E-state index < -0.39 is 70.2 Å². The molecule has 3 aliphatic heterocycles. The zero-order valence-electron chi connectivity index (χ0n) is 27.8. The number of hydrogen-bond donors (Lipinski definition) is 3. The van der Waals surface area contributed by atoms with Crippen molar-refractivity contribution in [2.24, 2.45) is 5.92 Å². The van der Waals surface area contributed by atoms with Gasteiger partial charge in [0.15, 0.2) is 0 Å². The van der Waals surface area contributed by atoms with Crippen LogP contribution in [-0.4, -0.2) is 99.1 Å². The zero-order chi connectivity index (χ0) is 33.8. The summed E-state index contributed by atoms with van der Waals surface area (Å²) in [6.07, 6.45) is 7.53. The predicted octanol–water partition coefficient (Wildman–Crippen LogP) is 2.83. The molecule has 0 aromatic carbocycles. The summed E-state index contributed by atoms with van der Waals surface area (Å²) in [5.41, 5.74) is 0.0455. The Kier molecular flexibility index (Phi) is 11.2. The van der Waals surface area contributed by atoms with Crippen molar-refractivity contribution >= 4 is 40.9 Å². The molecule has 2 fully saturated rings. The summed E-state index contributed by atoms with van der Waals surface area (Å²) in [4.78, 5) is 70.5. The fraction of sp³-hybridized carbons (Fsp3) is 0.719. The van der Waals surface area contributed by atoms with Crippen molar-refractivity contribution in [2.75, 3.05) is 25.9 Å². The Morgan fingerprint density at radius 1 is 1.07 bits per heavy atom. The van der Waals surface area contributed by atoms with E-state index in [-0.39, 0.29) is 18.9 Å². The molecular weight excluding hydrogens is 614 g/mol. The van der Waals surface area contributed by atoms with Gasteiger partial charge in [0.25, 0.3) is 5.91 Å². The van der Waals surface area contributed by atoms with Crippen LogP contribution in [0.1, 0.15) is 86.0 Å². The average molecular weight is 664 g/mol. The molecule has 256 valence electrons. The smallest absolute Gasteiger partial charge is 0.410 e. The van der Waals surface area contributed by atoms with Crippen molar-refractivity contribution in [1.29, 1.82) is 0 Å². The highest BCUT2D eigenvalue weighted by Gasteiger charge is 2.55. The Labute approximate surface area is 273 Å². The SMILES string of the molecule is CC1=C(C)CN(C(=O)OC2CC3C(=O)NC4(C(=O)NS(C)=O)CCC4/C=C\CCCCCC(NC(=O)OC(C)(C)C)C(=O)N3C2)C1. The molecule has 13 nitrogen and oxygen atoms in total. The average Bonchev–Trinajstić information content (AvgIpc) is 3.51. The van der Waals surface area contributed by atoms with Gasteiger partial charge in [-0.2, -0.15) is 0 Å². The number of hydrogen-bond acceptors (Lipinski definition) is 8. The van der Waals surface area contributed by atoms with Crippen LogP contribution in [0.4, 0.5) is 9.59 Å². The Balaban J connectivity index is 1.63. The van der Waals surface area contributed by atoms with Gasteiger partial charge in [0, 0.05) is 31.7 Å². The predicted molar refractivity (Wildman–Crippen MR) is 172 cm³/mol. The van der Waals surface area contributed by atoms with Crippen molar-refractivity contribution in [3.8, 4) is 0 Å². The van der Waals surface area contributed by atoms with Crippen LogP contribution in [0.5, 0.6) is 0 Å². The Morgan fingerprint density at radius 2 is 1.76 bits per heavy atom. The first-order valence-corrected chi connectivity index (χ1v) is 17.7. The van der Waals surface area contributed by atoms with E-state index in [1.807, 2.05) is 26.0 Å². The molecule has 0 bridgehead atoms. The number of ether oxygens (including phenoxy) is 2. The third-order valence-electron chi connectivity index (χ3n) is 9.15. The lowest BCUT2D eigenvalue weighted by atomic mass is 9.65. The number of fused-ring (bicyclic) bond motifs is 2. The lowest BCUT2D eigenvalue weighted by Gasteiger charge is -2.47. The van der Waals surface area contributed by atoms with E-state index in [0.717, 1.165) is 30.4 Å². The van der Waals surface area contributed by atoms with Gasteiger partial charge in [-0.25, -0.2) is 13.8 Å². The van der Waals surface area contributed by atoms with Crippen LogP contribution in [0.2, 0.25) is 0 Å². The molecule has 46 heavy (non-hydrogen) atoms. The molecule has 0 spiro atoms. The number of carbonyl (C=O) groups excluding carboxylic acids is 5. The fourth-order valence-corrected chi connectivity index (χ4v) is 6.90. The lowest BCUT2D eigenvalue weighted by molar-refractivity contribution is -0.144. The van der Waals surface area contributed by atoms with Crippen molar-refractivity contribution in [3.05, 3.63) is 23.3 Å². The number of amides is 5. The molecule has 6 atom stereocenters. The maximum Gasteiger partial charge on any atom is 0.410 e. The minimum Gasteiger partial charge on any atom is -0.444 e. The first kappa shape index (κ1) is 35.4. The van der Waals surface area contributed by atoms with Crippen LogP contribution in [0.25, 0.3) is 0 Å². The molecule has 3 N–H and O–H groups in total. The number of nitrogens with one attached hydrogen (secondary N) is 3. The molecule has 6 unspecified atom stereocenters. The highest BCUT2D eigenvalue weighted by atomic mass is 32.2. The third-order valence-corrected chi connectivity index (χ3v) is 9.62. The van der Waals surface area contributed by atoms with E-state index in [2.05, 4.69) is 15.4 Å². The van der Waals surface area contributed by atoms with E-state index in [4.69, 9.17) is 9.47 Å². The summed E-state index contributed by atoms with van der Waals surface area (Å²) in [5.74, 6) is -1.95. The molecule has 4 rings (SSSR count). The van der Waals surface area contributed by atoms with Crippen molar-refractivity contribution < 1.29 is 37.7 Å².